The van der Waals surface area contributed by atoms with Crippen molar-refractivity contribution in [1.29, 1.82) is 0 Å². The zero-order valence-corrected chi connectivity index (χ0v) is 13.3. The van der Waals surface area contributed by atoms with Gasteiger partial charge in [0.15, 0.2) is 0 Å². The summed E-state index contributed by atoms with van der Waals surface area (Å²) >= 11 is 0. The van der Waals surface area contributed by atoms with Crippen LogP contribution in [0.4, 0.5) is 0 Å². The average Bonchev–Trinajstić information content (AvgIpc) is 2.32. The SMILES string of the molecule is CCCCN(CC(C)(CO)NC(C)C)C(C)CC. The highest BCUT2D eigenvalue weighted by molar-refractivity contribution is 4.88. The predicted molar refractivity (Wildman–Crippen MR) is 80.0 cm³/mol. The maximum Gasteiger partial charge on any atom is 0.0623 e. The Morgan fingerprint density at radius 3 is 2.22 bits per heavy atom. The first kappa shape index (κ1) is 17.9. The third kappa shape index (κ3) is 6.72. The Morgan fingerprint density at radius 2 is 1.83 bits per heavy atom. The van der Waals surface area contributed by atoms with Gasteiger partial charge < -0.3 is 10.4 Å². The smallest absolute Gasteiger partial charge is 0.0623 e. The summed E-state index contributed by atoms with van der Waals surface area (Å²) in [7, 11) is 0. The predicted octanol–water partition coefficient (Wildman–Crippen LogP) is 2.64. The van der Waals surface area contributed by atoms with Crippen molar-refractivity contribution in [2.45, 2.75) is 78.4 Å². The van der Waals surface area contributed by atoms with E-state index in [9.17, 15) is 5.11 Å². The van der Waals surface area contributed by atoms with Gasteiger partial charge in [-0.1, -0.05) is 34.1 Å². The van der Waals surface area contributed by atoms with Crippen LogP contribution in [0.15, 0.2) is 0 Å². The van der Waals surface area contributed by atoms with Gasteiger partial charge in [0.2, 0.25) is 0 Å². The van der Waals surface area contributed by atoms with Crippen molar-refractivity contribution in [3.05, 3.63) is 0 Å². The topological polar surface area (TPSA) is 35.5 Å². The highest BCUT2D eigenvalue weighted by atomic mass is 16.3. The summed E-state index contributed by atoms with van der Waals surface area (Å²) in [4.78, 5) is 2.51. The van der Waals surface area contributed by atoms with Crippen LogP contribution in [-0.4, -0.2) is 47.3 Å². The largest absolute Gasteiger partial charge is 0.394 e. The molecule has 0 saturated carbocycles. The van der Waals surface area contributed by atoms with E-state index >= 15 is 0 Å². The fourth-order valence-electron chi connectivity index (χ4n) is 2.36. The molecule has 2 unspecified atom stereocenters. The minimum atomic E-state index is -0.203. The van der Waals surface area contributed by atoms with Crippen molar-refractivity contribution in [3.8, 4) is 0 Å². The number of nitrogens with zero attached hydrogens (tertiary/aromatic N) is 1. The van der Waals surface area contributed by atoms with Gasteiger partial charge in [-0.15, -0.1) is 0 Å². The first-order valence-electron chi connectivity index (χ1n) is 7.51. The van der Waals surface area contributed by atoms with E-state index in [4.69, 9.17) is 0 Å². The number of hydrogen-bond acceptors (Lipinski definition) is 3. The highest BCUT2D eigenvalue weighted by Gasteiger charge is 2.28. The van der Waals surface area contributed by atoms with Crippen LogP contribution >= 0.6 is 0 Å². The van der Waals surface area contributed by atoms with Crippen molar-refractivity contribution in [1.82, 2.24) is 10.2 Å². The molecule has 0 amide bonds. The second kappa shape index (κ2) is 8.89. The Labute approximate surface area is 114 Å². The molecule has 3 nitrogen and oxygen atoms in total. The minimum absolute atomic E-state index is 0.185. The van der Waals surface area contributed by atoms with E-state index in [-0.39, 0.29) is 12.1 Å². The molecular weight excluding hydrogens is 224 g/mol. The summed E-state index contributed by atoms with van der Waals surface area (Å²) in [6.45, 7) is 15.3. The Balaban J connectivity index is 4.59. The van der Waals surface area contributed by atoms with Crippen molar-refractivity contribution in [2.75, 3.05) is 19.7 Å². The fourth-order valence-corrected chi connectivity index (χ4v) is 2.36. The Bertz CT molecular complexity index is 209. The number of hydrogen-bond donors (Lipinski definition) is 2. The molecule has 0 aliphatic rings. The van der Waals surface area contributed by atoms with Gasteiger partial charge in [0.05, 0.1) is 12.1 Å². The summed E-state index contributed by atoms with van der Waals surface area (Å²) in [5.74, 6) is 0. The van der Waals surface area contributed by atoms with Crippen LogP contribution in [0.2, 0.25) is 0 Å². The van der Waals surface area contributed by atoms with Crippen LogP contribution in [0.1, 0.15) is 60.8 Å². The molecule has 0 spiro atoms. The van der Waals surface area contributed by atoms with Crippen LogP contribution in [0.25, 0.3) is 0 Å². The molecule has 2 atom stereocenters. The lowest BCUT2D eigenvalue weighted by Gasteiger charge is -2.39. The van der Waals surface area contributed by atoms with E-state index in [1.807, 2.05) is 0 Å². The van der Waals surface area contributed by atoms with Gasteiger partial charge >= 0.3 is 0 Å². The number of aliphatic hydroxyl groups excluding tert-OH is 1. The summed E-state index contributed by atoms with van der Waals surface area (Å²) in [5, 5.41) is 13.2. The molecule has 0 fully saturated rings. The second-order valence-electron chi connectivity index (χ2n) is 6.10. The fraction of sp³-hybridized carbons (Fsp3) is 1.00. The van der Waals surface area contributed by atoms with Crippen molar-refractivity contribution < 1.29 is 5.11 Å². The molecule has 0 aromatic carbocycles. The Morgan fingerprint density at radius 1 is 1.22 bits per heavy atom. The zero-order valence-electron chi connectivity index (χ0n) is 13.3. The monoisotopic (exact) mass is 258 g/mol. The molecule has 110 valence electrons. The molecule has 0 heterocycles. The van der Waals surface area contributed by atoms with Gasteiger partial charge in [0.25, 0.3) is 0 Å². The molecule has 0 aliphatic carbocycles. The summed E-state index contributed by atoms with van der Waals surface area (Å²) in [6.07, 6.45) is 3.61. The number of rotatable bonds is 10. The molecule has 0 bridgehead atoms. The maximum atomic E-state index is 9.67. The molecule has 0 rings (SSSR count). The molecule has 18 heavy (non-hydrogen) atoms. The van der Waals surface area contributed by atoms with E-state index in [1.165, 1.54) is 12.8 Å². The first-order chi connectivity index (χ1) is 8.38. The summed E-state index contributed by atoms with van der Waals surface area (Å²) < 4.78 is 0. The van der Waals surface area contributed by atoms with Crippen molar-refractivity contribution in [2.24, 2.45) is 0 Å². The van der Waals surface area contributed by atoms with Crippen LogP contribution in [0, 0.1) is 0 Å². The molecule has 0 aromatic rings. The van der Waals surface area contributed by atoms with Crippen LogP contribution in [-0.2, 0) is 0 Å². The van der Waals surface area contributed by atoms with E-state index in [2.05, 4.69) is 51.8 Å². The first-order valence-corrected chi connectivity index (χ1v) is 7.51. The molecule has 0 radical (unpaired) electrons. The molecular formula is C15H34N2O. The normalized spacial score (nSPS) is 17.2. The van der Waals surface area contributed by atoms with E-state index in [0.717, 1.165) is 19.5 Å². The van der Waals surface area contributed by atoms with Crippen LogP contribution < -0.4 is 5.32 Å². The quantitative estimate of drug-likeness (QED) is 0.632. The van der Waals surface area contributed by atoms with Crippen LogP contribution in [0.5, 0.6) is 0 Å². The van der Waals surface area contributed by atoms with E-state index in [1.54, 1.807) is 0 Å². The van der Waals surface area contributed by atoms with Gasteiger partial charge in [0.1, 0.15) is 0 Å². The minimum Gasteiger partial charge on any atom is -0.394 e. The highest BCUT2D eigenvalue weighted by Crippen LogP contribution is 2.13. The molecule has 0 saturated heterocycles. The van der Waals surface area contributed by atoms with Gasteiger partial charge in [-0.25, -0.2) is 0 Å². The lowest BCUT2D eigenvalue weighted by Crippen LogP contribution is -2.57. The number of aliphatic hydroxyl groups is 1. The molecule has 0 aromatic heterocycles. The van der Waals surface area contributed by atoms with Crippen molar-refractivity contribution >= 4 is 0 Å². The van der Waals surface area contributed by atoms with Crippen LogP contribution in [0.3, 0.4) is 0 Å². The maximum absolute atomic E-state index is 9.67. The Kier molecular flexibility index (Phi) is 8.83. The van der Waals surface area contributed by atoms with E-state index < -0.39 is 0 Å². The summed E-state index contributed by atoms with van der Waals surface area (Å²) in [6, 6.07) is 0.975. The third-order valence-corrected chi connectivity index (χ3v) is 3.55. The zero-order chi connectivity index (χ0) is 14.2. The molecule has 2 N–H and O–H groups in total. The van der Waals surface area contributed by atoms with E-state index in [0.29, 0.717) is 12.1 Å². The lowest BCUT2D eigenvalue weighted by atomic mass is 10.00. The third-order valence-electron chi connectivity index (χ3n) is 3.55. The average molecular weight is 258 g/mol. The number of unbranched alkanes of at least 4 members (excludes halogenated alkanes) is 1. The number of nitrogens with one attached hydrogen (secondary N) is 1. The lowest BCUT2D eigenvalue weighted by molar-refractivity contribution is 0.0907. The van der Waals surface area contributed by atoms with Gasteiger partial charge in [-0.2, -0.15) is 0 Å². The van der Waals surface area contributed by atoms with Gasteiger partial charge in [0, 0.05) is 18.6 Å². The van der Waals surface area contributed by atoms with Gasteiger partial charge in [-0.3, -0.25) is 4.90 Å². The second-order valence-corrected chi connectivity index (χ2v) is 6.10. The van der Waals surface area contributed by atoms with Gasteiger partial charge in [-0.05, 0) is 33.2 Å². The Hall–Kier alpha value is -0.120. The standard InChI is InChI=1S/C15H34N2O/c1-7-9-10-17(14(5)8-2)11-15(6,12-18)16-13(3)4/h13-14,16,18H,7-12H2,1-6H3. The summed E-state index contributed by atoms with van der Waals surface area (Å²) in [5.41, 5.74) is -0.203. The van der Waals surface area contributed by atoms with Crippen molar-refractivity contribution in [3.63, 3.8) is 0 Å². The molecule has 0 aliphatic heterocycles. The molecule has 3 heteroatoms.